The molecule has 24 heavy (non-hydrogen) atoms. The summed E-state index contributed by atoms with van der Waals surface area (Å²) in [5.74, 6) is 0.394. The molecular formula is C15H20N4O5. The zero-order chi connectivity index (χ0) is 17.1. The van der Waals surface area contributed by atoms with E-state index in [2.05, 4.69) is 10.3 Å². The maximum absolute atomic E-state index is 12.2. The highest BCUT2D eigenvalue weighted by Crippen LogP contribution is 2.28. The molecule has 9 nitrogen and oxygen atoms in total. The molecule has 9 heteroatoms. The smallest absolute Gasteiger partial charge is 0.351 e. The molecule has 1 saturated heterocycles. The quantitative estimate of drug-likeness (QED) is 0.519. The highest BCUT2D eigenvalue weighted by Gasteiger charge is 2.43. The van der Waals surface area contributed by atoms with Crippen LogP contribution in [0.4, 0.5) is 5.82 Å². The molecule has 0 spiro atoms. The molecule has 1 fully saturated rings. The Kier molecular flexibility index (Phi) is 4.95. The fourth-order valence-corrected chi connectivity index (χ4v) is 2.62. The number of allylic oxidation sites excluding steroid dienone is 2. The van der Waals surface area contributed by atoms with E-state index in [4.69, 9.17) is 9.84 Å². The van der Waals surface area contributed by atoms with Crippen molar-refractivity contribution in [3.05, 3.63) is 47.2 Å². The normalized spacial score (nSPS) is 29.2. The fourth-order valence-electron chi connectivity index (χ4n) is 2.62. The average molecular weight is 336 g/mol. The van der Waals surface area contributed by atoms with Gasteiger partial charge in [0.1, 0.15) is 24.1 Å². The summed E-state index contributed by atoms with van der Waals surface area (Å²) in [7, 11) is 0. The molecule has 3 rings (SSSR count). The van der Waals surface area contributed by atoms with Crippen molar-refractivity contribution < 1.29 is 20.1 Å². The van der Waals surface area contributed by atoms with Crippen molar-refractivity contribution in [2.45, 2.75) is 24.5 Å². The van der Waals surface area contributed by atoms with Gasteiger partial charge in [-0.25, -0.2) is 4.79 Å². The van der Waals surface area contributed by atoms with E-state index in [1.807, 2.05) is 29.3 Å². The summed E-state index contributed by atoms with van der Waals surface area (Å²) >= 11 is 0. The molecule has 0 radical (unpaired) electrons. The molecule has 130 valence electrons. The highest BCUT2D eigenvalue weighted by atomic mass is 16.6. The molecule has 0 unspecified atom stereocenters. The van der Waals surface area contributed by atoms with E-state index in [1.165, 1.54) is 6.20 Å². The Balaban J connectivity index is 1.68. The van der Waals surface area contributed by atoms with Gasteiger partial charge in [0.15, 0.2) is 6.23 Å². The summed E-state index contributed by atoms with van der Waals surface area (Å²) in [6.07, 6.45) is 4.64. The van der Waals surface area contributed by atoms with Gasteiger partial charge in [-0.1, -0.05) is 12.2 Å². The number of nitrogens with zero attached hydrogens (tertiary/aromatic N) is 3. The van der Waals surface area contributed by atoms with Gasteiger partial charge in [0.2, 0.25) is 0 Å². The van der Waals surface area contributed by atoms with Crippen molar-refractivity contribution in [1.29, 1.82) is 0 Å². The lowest BCUT2D eigenvalue weighted by Gasteiger charge is -2.21. The number of hydrogen-bond acceptors (Lipinski definition) is 8. The molecule has 3 heterocycles. The van der Waals surface area contributed by atoms with Crippen molar-refractivity contribution in [1.82, 2.24) is 14.5 Å². The SMILES string of the molecule is O=c1nc(NCN2C=CC=CC2)ccn1[C@@H]1O[C@H](CO)[C@@H](O)[C@H]1O. The lowest BCUT2D eigenvalue weighted by molar-refractivity contribution is -0.0549. The molecule has 1 aromatic rings. The Morgan fingerprint density at radius 1 is 1.33 bits per heavy atom. The van der Waals surface area contributed by atoms with E-state index >= 15 is 0 Å². The first-order chi connectivity index (χ1) is 11.6. The summed E-state index contributed by atoms with van der Waals surface area (Å²) in [5, 5.41) is 31.9. The van der Waals surface area contributed by atoms with Gasteiger partial charge in [-0.05, 0) is 12.1 Å². The minimum Gasteiger partial charge on any atom is -0.394 e. The van der Waals surface area contributed by atoms with Gasteiger partial charge >= 0.3 is 5.69 Å². The summed E-state index contributed by atoms with van der Waals surface area (Å²) in [6, 6.07) is 1.58. The Labute approximate surface area is 138 Å². The number of ether oxygens (including phenoxy) is 1. The van der Waals surface area contributed by atoms with Gasteiger partial charge in [0, 0.05) is 18.9 Å². The second-order valence-corrected chi connectivity index (χ2v) is 5.61. The van der Waals surface area contributed by atoms with E-state index in [9.17, 15) is 15.0 Å². The van der Waals surface area contributed by atoms with Crippen molar-refractivity contribution in [3.8, 4) is 0 Å². The minimum absolute atomic E-state index is 0.394. The number of rotatable bonds is 5. The Morgan fingerprint density at radius 2 is 2.17 bits per heavy atom. The molecule has 0 aliphatic carbocycles. The van der Waals surface area contributed by atoms with Crippen LogP contribution in [0.15, 0.2) is 41.5 Å². The van der Waals surface area contributed by atoms with Crippen LogP contribution in [0.3, 0.4) is 0 Å². The van der Waals surface area contributed by atoms with Gasteiger partial charge in [0.05, 0.1) is 13.3 Å². The van der Waals surface area contributed by atoms with Crippen molar-refractivity contribution in [2.24, 2.45) is 0 Å². The predicted molar refractivity (Wildman–Crippen MR) is 85.0 cm³/mol. The van der Waals surface area contributed by atoms with Crippen molar-refractivity contribution >= 4 is 5.82 Å². The van der Waals surface area contributed by atoms with E-state index in [1.54, 1.807) is 6.07 Å². The minimum atomic E-state index is -1.31. The number of aliphatic hydroxyl groups is 3. The summed E-state index contributed by atoms with van der Waals surface area (Å²) < 4.78 is 6.42. The number of hydrogen-bond donors (Lipinski definition) is 4. The lowest BCUT2D eigenvalue weighted by Crippen LogP contribution is -2.36. The molecule has 0 bridgehead atoms. The third-order valence-corrected chi connectivity index (χ3v) is 3.97. The number of nitrogens with one attached hydrogen (secondary N) is 1. The number of aliphatic hydroxyl groups excluding tert-OH is 3. The van der Waals surface area contributed by atoms with Crippen LogP contribution < -0.4 is 11.0 Å². The van der Waals surface area contributed by atoms with Crippen molar-refractivity contribution in [3.63, 3.8) is 0 Å². The zero-order valence-electron chi connectivity index (χ0n) is 12.9. The van der Waals surface area contributed by atoms with Crippen LogP contribution in [0.1, 0.15) is 6.23 Å². The van der Waals surface area contributed by atoms with Gasteiger partial charge in [0.25, 0.3) is 0 Å². The fraction of sp³-hybridized carbons (Fsp3) is 0.467. The molecule has 0 amide bonds. The third kappa shape index (κ3) is 3.34. The molecule has 2 aliphatic rings. The molecule has 4 N–H and O–H groups in total. The Morgan fingerprint density at radius 3 is 2.79 bits per heavy atom. The topological polar surface area (TPSA) is 120 Å². The van der Waals surface area contributed by atoms with Gasteiger partial charge < -0.3 is 30.3 Å². The monoisotopic (exact) mass is 336 g/mol. The molecule has 4 atom stereocenters. The highest BCUT2D eigenvalue weighted by molar-refractivity contribution is 5.32. The van der Waals surface area contributed by atoms with E-state index in [0.717, 1.165) is 11.1 Å². The standard InChI is InChI=1S/C15H20N4O5/c20-8-10-12(21)13(22)14(24-10)19-7-4-11(17-15(19)23)16-9-18-5-2-1-3-6-18/h1-5,7,10,12-14,20-22H,6,8-9H2,(H,16,17,23)/t10-,12-,13-,14-/m1/s1. The van der Waals surface area contributed by atoms with Crippen LogP contribution >= 0.6 is 0 Å². The molecule has 0 aromatic carbocycles. The number of aromatic nitrogens is 2. The first-order valence-corrected chi connectivity index (χ1v) is 7.63. The van der Waals surface area contributed by atoms with Gasteiger partial charge in [-0.15, -0.1) is 0 Å². The molecule has 0 saturated carbocycles. The Bertz CT molecular complexity index is 689. The van der Waals surface area contributed by atoms with Crippen LogP contribution in [0.2, 0.25) is 0 Å². The van der Waals surface area contributed by atoms with E-state index in [-0.39, 0.29) is 0 Å². The summed E-state index contributed by atoms with van der Waals surface area (Å²) in [4.78, 5) is 18.1. The van der Waals surface area contributed by atoms with Crippen LogP contribution in [0, 0.1) is 0 Å². The first kappa shape index (κ1) is 16.7. The second-order valence-electron chi connectivity index (χ2n) is 5.61. The maximum Gasteiger partial charge on any atom is 0.351 e. The number of anilines is 1. The van der Waals surface area contributed by atoms with Crippen LogP contribution in [0.25, 0.3) is 0 Å². The second kappa shape index (κ2) is 7.14. The molecule has 1 aromatic heterocycles. The first-order valence-electron chi connectivity index (χ1n) is 7.63. The average Bonchev–Trinajstić information content (AvgIpc) is 2.89. The van der Waals surface area contributed by atoms with Crippen LogP contribution in [-0.2, 0) is 4.74 Å². The van der Waals surface area contributed by atoms with Crippen LogP contribution in [0.5, 0.6) is 0 Å². The maximum atomic E-state index is 12.2. The predicted octanol–water partition coefficient (Wildman–Crippen LogP) is -1.39. The van der Waals surface area contributed by atoms with Crippen molar-refractivity contribution in [2.75, 3.05) is 25.1 Å². The third-order valence-electron chi connectivity index (χ3n) is 3.97. The molecular weight excluding hydrogens is 316 g/mol. The largest absolute Gasteiger partial charge is 0.394 e. The van der Waals surface area contributed by atoms with Gasteiger partial charge in [-0.2, -0.15) is 4.98 Å². The van der Waals surface area contributed by atoms with E-state index in [0.29, 0.717) is 12.5 Å². The van der Waals surface area contributed by atoms with Crippen LogP contribution in [-0.4, -0.2) is 67.9 Å². The van der Waals surface area contributed by atoms with Gasteiger partial charge in [-0.3, -0.25) is 4.57 Å². The summed E-state index contributed by atoms with van der Waals surface area (Å²) in [6.45, 7) is 0.808. The lowest BCUT2D eigenvalue weighted by atomic mass is 10.1. The Hall–Kier alpha value is -2.20. The zero-order valence-corrected chi connectivity index (χ0v) is 12.9. The molecule has 2 aliphatic heterocycles. The summed E-state index contributed by atoms with van der Waals surface area (Å²) in [5.41, 5.74) is -0.621. The van der Waals surface area contributed by atoms with E-state index < -0.39 is 36.8 Å².